The number of rotatable bonds is 6. The number of carbonyl (C=O) groups is 1. The fourth-order valence-electron chi connectivity index (χ4n) is 3.28. The number of hydrogen-bond donors (Lipinski definition) is 2. The largest absolute Gasteiger partial charge is 0.433 e. The summed E-state index contributed by atoms with van der Waals surface area (Å²) in [6, 6.07) is 13.5. The van der Waals surface area contributed by atoms with E-state index in [1.807, 2.05) is 19.0 Å². The van der Waals surface area contributed by atoms with Crippen molar-refractivity contribution in [2.75, 3.05) is 19.0 Å². The molecule has 0 saturated heterocycles. The van der Waals surface area contributed by atoms with Gasteiger partial charge in [0.25, 0.3) is 0 Å². The van der Waals surface area contributed by atoms with Crippen molar-refractivity contribution < 1.29 is 28.1 Å². The van der Waals surface area contributed by atoms with Crippen LogP contribution in [0.5, 0.6) is 0 Å². The van der Waals surface area contributed by atoms with E-state index < -0.39 is 23.6 Å². The molecule has 4 N–H and O–H groups in total. The molecular weight excluding hydrogens is 436 g/mol. The summed E-state index contributed by atoms with van der Waals surface area (Å²) in [5.41, 5.74) is 5.19. The minimum atomic E-state index is -4.60. The molecule has 0 aliphatic carbocycles. The number of carbonyl (C=O) groups excluding carboxylic acids is 1. The normalized spacial score (nSPS) is 12.4. The molecule has 0 radical (unpaired) electrons. The fraction of sp³-hybridized carbons (Fsp3) is 0.250. The third kappa shape index (κ3) is 5.67. The molecule has 1 unspecified atom stereocenters. The Balaban J connectivity index is 1.87. The summed E-state index contributed by atoms with van der Waals surface area (Å²) < 4.78 is 53.6. The summed E-state index contributed by atoms with van der Waals surface area (Å²) in [7, 11) is 3.71. The Morgan fingerprint density at radius 3 is 2.33 bits per heavy atom. The first-order valence-electron chi connectivity index (χ1n) is 10.2. The lowest BCUT2D eigenvalue weighted by molar-refractivity contribution is -0.258. The number of quaternary nitrogens is 1. The maximum atomic E-state index is 13.8. The quantitative estimate of drug-likeness (QED) is 0.539. The van der Waals surface area contributed by atoms with Crippen molar-refractivity contribution in [3.8, 4) is 11.3 Å². The van der Waals surface area contributed by atoms with Crippen LogP contribution in [0.1, 0.15) is 29.7 Å². The van der Waals surface area contributed by atoms with Gasteiger partial charge in [-0.3, -0.25) is 4.79 Å². The molecule has 1 heterocycles. The summed E-state index contributed by atoms with van der Waals surface area (Å²) >= 11 is 0. The second-order valence-corrected chi connectivity index (χ2v) is 7.93. The summed E-state index contributed by atoms with van der Waals surface area (Å²) in [6.07, 6.45) is -4.60. The van der Waals surface area contributed by atoms with E-state index in [1.54, 1.807) is 37.3 Å². The predicted octanol–water partition coefficient (Wildman–Crippen LogP) is 4.27. The van der Waals surface area contributed by atoms with Crippen LogP contribution >= 0.6 is 0 Å². The zero-order valence-electron chi connectivity index (χ0n) is 18.5. The highest BCUT2D eigenvalue weighted by Crippen LogP contribution is 2.32. The average Bonchev–Trinajstić information content (AvgIpc) is 2.78. The zero-order chi connectivity index (χ0) is 24.3. The van der Waals surface area contributed by atoms with Gasteiger partial charge in [0.05, 0.1) is 11.6 Å². The number of benzene rings is 2. The number of nitrogens with zero attached hydrogens (tertiary/aromatic N) is 2. The van der Waals surface area contributed by atoms with Crippen LogP contribution in [-0.2, 0) is 17.5 Å². The number of anilines is 1. The molecule has 33 heavy (non-hydrogen) atoms. The second kappa shape index (κ2) is 9.58. The summed E-state index contributed by atoms with van der Waals surface area (Å²) in [5.74, 6) is -1.56. The molecule has 0 fully saturated rings. The van der Waals surface area contributed by atoms with Crippen molar-refractivity contribution in [2.24, 2.45) is 0 Å². The van der Waals surface area contributed by atoms with Gasteiger partial charge in [-0.2, -0.15) is 13.2 Å². The molecule has 0 saturated carbocycles. The zero-order valence-corrected chi connectivity index (χ0v) is 18.5. The molecule has 0 spiro atoms. The van der Waals surface area contributed by atoms with Gasteiger partial charge in [-0.05, 0) is 42.3 Å². The van der Waals surface area contributed by atoms with Crippen LogP contribution in [0.2, 0.25) is 0 Å². The molecule has 174 valence electrons. The Labute approximate surface area is 189 Å². The van der Waals surface area contributed by atoms with Gasteiger partial charge in [0.1, 0.15) is 5.69 Å². The van der Waals surface area contributed by atoms with Crippen LogP contribution in [0.15, 0.2) is 54.6 Å². The average molecular weight is 461 g/mol. The van der Waals surface area contributed by atoms with E-state index in [2.05, 4.69) is 16.0 Å². The SMILES string of the molecule is CC(C(=O)NCc1ccc(C(F)(F)F)nc1-c1ccc(N(C)C)cc1)c1ccc([NH3+])c(F)c1. The van der Waals surface area contributed by atoms with Crippen LogP contribution < -0.4 is 16.0 Å². The molecule has 1 aromatic heterocycles. The number of halogens is 4. The topological polar surface area (TPSA) is 72.9 Å². The molecule has 3 rings (SSSR count). The Bertz CT molecular complexity index is 1140. The van der Waals surface area contributed by atoms with Crippen LogP contribution in [0, 0.1) is 5.82 Å². The molecule has 1 atom stereocenters. The van der Waals surface area contributed by atoms with Crippen molar-refractivity contribution in [3.05, 3.63) is 77.2 Å². The Morgan fingerprint density at radius 1 is 1.09 bits per heavy atom. The van der Waals surface area contributed by atoms with Gasteiger partial charge in [-0.25, -0.2) is 9.37 Å². The van der Waals surface area contributed by atoms with Crippen molar-refractivity contribution in [2.45, 2.75) is 25.6 Å². The van der Waals surface area contributed by atoms with E-state index in [0.29, 0.717) is 16.7 Å². The molecule has 0 bridgehead atoms. The summed E-state index contributed by atoms with van der Waals surface area (Å²) in [6.45, 7) is 1.59. The lowest BCUT2D eigenvalue weighted by Gasteiger charge is -2.17. The van der Waals surface area contributed by atoms with Gasteiger partial charge in [-0.1, -0.05) is 24.3 Å². The lowest BCUT2D eigenvalue weighted by Crippen LogP contribution is -2.41. The maximum Gasteiger partial charge on any atom is 0.433 e. The Morgan fingerprint density at radius 2 is 1.76 bits per heavy atom. The third-order valence-electron chi connectivity index (χ3n) is 5.35. The van der Waals surface area contributed by atoms with E-state index in [9.17, 15) is 22.4 Å². The highest BCUT2D eigenvalue weighted by atomic mass is 19.4. The monoisotopic (exact) mass is 461 g/mol. The predicted molar refractivity (Wildman–Crippen MR) is 118 cm³/mol. The van der Waals surface area contributed by atoms with E-state index in [1.165, 1.54) is 18.2 Å². The van der Waals surface area contributed by atoms with E-state index in [-0.39, 0.29) is 23.8 Å². The van der Waals surface area contributed by atoms with Gasteiger partial charge < -0.3 is 16.0 Å². The number of pyridine rings is 1. The van der Waals surface area contributed by atoms with Crippen molar-refractivity contribution in [1.82, 2.24) is 10.3 Å². The van der Waals surface area contributed by atoms with Gasteiger partial charge in [0.15, 0.2) is 11.5 Å². The van der Waals surface area contributed by atoms with Gasteiger partial charge in [0.2, 0.25) is 5.91 Å². The van der Waals surface area contributed by atoms with Crippen LogP contribution in [-0.4, -0.2) is 25.0 Å². The first-order chi connectivity index (χ1) is 15.5. The number of aromatic nitrogens is 1. The summed E-state index contributed by atoms with van der Waals surface area (Å²) in [5, 5.41) is 2.72. The van der Waals surface area contributed by atoms with E-state index in [0.717, 1.165) is 11.8 Å². The van der Waals surface area contributed by atoms with Gasteiger partial charge >= 0.3 is 6.18 Å². The van der Waals surface area contributed by atoms with Crippen LogP contribution in [0.4, 0.5) is 28.9 Å². The lowest BCUT2D eigenvalue weighted by atomic mass is 9.99. The van der Waals surface area contributed by atoms with Crippen molar-refractivity contribution in [3.63, 3.8) is 0 Å². The van der Waals surface area contributed by atoms with E-state index >= 15 is 0 Å². The fourth-order valence-corrected chi connectivity index (χ4v) is 3.28. The van der Waals surface area contributed by atoms with Gasteiger partial charge in [-0.15, -0.1) is 0 Å². The Kier molecular flexibility index (Phi) is 7.02. The third-order valence-corrected chi connectivity index (χ3v) is 5.35. The minimum Gasteiger partial charge on any atom is -0.378 e. The molecular formula is C24H25F4N4O+. The van der Waals surface area contributed by atoms with Crippen molar-refractivity contribution >= 4 is 17.3 Å². The van der Waals surface area contributed by atoms with Crippen LogP contribution in [0.25, 0.3) is 11.3 Å². The smallest absolute Gasteiger partial charge is 0.378 e. The maximum absolute atomic E-state index is 13.8. The number of amides is 1. The minimum absolute atomic E-state index is 0.0328. The molecule has 5 nitrogen and oxygen atoms in total. The van der Waals surface area contributed by atoms with Gasteiger partial charge in [0, 0.05) is 38.0 Å². The van der Waals surface area contributed by atoms with Crippen LogP contribution in [0.3, 0.4) is 0 Å². The second-order valence-electron chi connectivity index (χ2n) is 7.93. The highest BCUT2D eigenvalue weighted by molar-refractivity contribution is 5.83. The standard InChI is InChI=1S/C24H24F4N4O/c1-14(16-6-10-20(29)19(25)12-16)23(33)30-13-17-7-11-21(24(26,27)28)31-22(17)15-4-8-18(9-5-15)32(2)3/h4-12,14H,13,29H2,1-3H3,(H,30,33)/p+1. The Hall–Kier alpha value is -3.46. The molecule has 3 aromatic rings. The number of nitrogens with one attached hydrogen (secondary N) is 1. The molecule has 0 aliphatic rings. The molecule has 0 aliphatic heterocycles. The number of hydrogen-bond acceptors (Lipinski definition) is 3. The summed E-state index contributed by atoms with van der Waals surface area (Å²) in [4.78, 5) is 18.4. The molecule has 1 amide bonds. The van der Waals surface area contributed by atoms with E-state index in [4.69, 9.17) is 0 Å². The first kappa shape index (κ1) is 24.2. The first-order valence-corrected chi connectivity index (χ1v) is 10.2. The molecule has 2 aromatic carbocycles. The highest BCUT2D eigenvalue weighted by Gasteiger charge is 2.33. The molecule has 9 heteroatoms. The van der Waals surface area contributed by atoms with Crippen molar-refractivity contribution in [1.29, 1.82) is 0 Å². The number of alkyl halides is 3.